The molecule has 3 nitrogen and oxygen atoms in total. The van der Waals surface area contributed by atoms with Gasteiger partial charge >= 0.3 is 5.97 Å². The number of alkyl halides is 3. The highest BCUT2D eigenvalue weighted by Gasteiger charge is 2.19. The van der Waals surface area contributed by atoms with E-state index in [0.29, 0.717) is 0 Å². The van der Waals surface area contributed by atoms with Crippen LogP contribution in [-0.4, -0.2) is 28.6 Å². The summed E-state index contributed by atoms with van der Waals surface area (Å²) >= 11 is 16.0. The average molecular weight is 233 g/mol. The predicted octanol–water partition coefficient (Wildman–Crippen LogP) is 2.01. The predicted molar refractivity (Wildman–Crippen MR) is 47.9 cm³/mol. The fraction of sp³-hybridized carbons (Fsp3) is 0.500. The zero-order valence-electron chi connectivity index (χ0n) is 6.18. The average Bonchev–Trinajstić information content (AvgIpc) is 1.83. The van der Waals surface area contributed by atoms with Gasteiger partial charge in [-0.2, -0.15) is 0 Å². The van der Waals surface area contributed by atoms with Crippen molar-refractivity contribution in [1.82, 2.24) is 0 Å². The molecular weight excluding hydrogens is 226 g/mol. The van der Waals surface area contributed by atoms with E-state index in [0.717, 1.165) is 6.08 Å². The Morgan fingerprint density at radius 2 is 2.08 bits per heavy atom. The molecule has 12 heavy (non-hydrogen) atoms. The van der Waals surface area contributed by atoms with Gasteiger partial charge in [0.05, 0.1) is 12.2 Å². The van der Waals surface area contributed by atoms with E-state index in [1.807, 2.05) is 0 Å². The third-order valence-electron chi connectivity index (χ3n) is 0.912. The normalized spacial score (nSPS) is 13.2. The Bertz CT molecular complexity index is 195. The molecule has 0 aliphatic heterocycles. The minimum absolute atomic E-state index is 0.0856. The van der Waals surface area contributed by atoms with Crippen molar-refractivity contribution in [1.29, 1.82) is 0 Å². The van der Waals surface area contributed by atoms with E-state index in [1.54, 1.807) is 0 Å². The summed E-state index contributed by atoms with van der Waals surface area (Å²) < 4.78 is 2.88. The van der Waals surface area contributed by atoms with Crippen molar-refractivity contribution in [3.05, 3.63) is 11.6 Å². The molecule has 0 aromatic carbocycles. The van der Waals surface area contributed by atoms with Gasteiger partial charge in [-0.15, -0.1) is 0 Å². The van der Waals surface area contributed by atoms with Crippen molar-refractivity contribution in [2.24, 2.45) is 0 Å². The number of methoxy groups -OCH3 is 1. The topological polar surface area (TPSA) is 46.5 Å². The summed E-state index contributed by atoms with van der Waals surface area (Å²) in [5.41, 5.74) is -0.0856. The molecule has 0 heterocycles. The first kappa shape index (κ1) is 12.0. The van der Waals surface area contributed by atoms with Crippen LogP contribution < -0.4 is 0 Å². The molecule has 0 saturated carbocycles. The van der Waals surface area contributed by atoms with Crippen molar-refractivity contribution < 1.29 is 14.6 Å². The Morgan fingerprint density at radius 3 is 2.33 bits per heavy atom. The van der Waals surface area contributed by atoms with E-state index in [2.05, 4.69) is 4.74 Å². The molecular formula is C6H7Cl3O3. The second-order valence-electron chi connectivity index (χ2n) is 1.95. The number of allylic oxidation sites excluding steroid dienone is 1. The lowest BCUT2D eigenvalue weighted by molar-refractivity contribution is -0.133. The fourth-order valence-electron chi connectivity index (χ4n) is 0.518. The molecule has 0 rings (SSSR count). The lowest BCUT2D eigenvalue weighted by atomic mass is 10.3. The van der Waals surface area contributed by atoms with Crippen LogP contribution in [0.3, 0.4) is 0 Å². The van der Waals surface area contributed by atoms with E-state index in [-0.39, 0.29) is 12.2 Å². The maximum atomic E-state index is 10.4. The molecule has 70 valence electrons. The smallest absolute Gasteiger partial charge is 0.333 e. The Morgan fingerprint density at radius 1 is 1.58 bits per heavy atom. The van der Waals surface area contributed by atoms with Crippen molar-refractivity contribution in [2.75, 3.05) is 13.7 Å². The molecule has 0 aromatic heterocycles. The molecule has 0 fully saturated rings. The van der Waals surface area contributed by atoms with Crippen LogP contribution in [0.15, 0.2) is 11.6 Å². The van der Waals surface area contributed by atoms with E-state index < -0.39 is 9.76 Å². The third-order valence-corrected chi connectivity index (χ3v) is 1.24. The van der Waals surface area contributed by atoms with Crippen molar-refractivity contribution >= 4 is 40.8 Å². The minimum atomic E-state index is -1.70. The fourth-order valence-corrected chi connectivity index (χ4v) is 0.913. The second-order valence-corrected chi connectivity index (χ2v) is 4.32. The van der Waals surface area contributed by atoms with Gasteiger partial charge in [-0.1, -0.05) is 34.8 Å². The lowest BCUT2D eigenvalue weighted by Gasteiger charge is -2.06. The molecule has 0 saturated heterocycles. The van der Waals surface area contributed by atoms with E-state index >= 15 is 0 Å². The Balaban J connectivity index is 4.50. The molecule has 0 aliphatic carbocycles. The van der Waals surface area contributed by atoms with Gasteiger partial charge in [-0.3, -0.25) is 0 Å². The summed E-state index contributed by atoms with van der Waals surface area (Å²) in [5, 5.41) is 8.54. The standard InChI is InChI=1S/C6H7Cl3O3/c1-12-3-4(5(10)11)2-6(7,8)9/h2H,3H2,1H3,(H,10,11). The molecule has 1 N–H and O–H groups in total. The third kappa shape index (κ3) is 5.66. The summed E-state index contributed by atoms with van der Waals surface area (Å²) in [4.78, 5) is 10.4. The summed E-state index contributed by atoms with van der Waals surface area (Å²) in [5.74, 6) is -1.16. The molecule has 0 aliphatic rings. The number of carboxylic acids is 1. The van der Waals surface area contributed by atoms with E-state index in [1.165, 1.54) is 7.11 Å². The summed E-state index contributed by atoms with van der Waals surface area (Å²) in [6.45, 7) is -0.0940. The van der Waals surface area contributed by atoms with Gasteiger partial charge in [0.25, 0.3) is 0 Å². The molecule has 0 unspecified atom stereocenters. The van der Waals surface area contributed by atoms with Crippen LogP contribution in [0.25, 0.3) is 0 Å². The zero-order chi connectivity index (χ0) is 9.78. The maximum absolute atomic E-state index is 10.4. The molecule has 6 heteroatoms. The van der Waals surface area contributed by atoms with E-state index in [4.69, 9.17) is 39.9 Å². The quantitative estimate of drug-likeness (QED) is 0.599. The Hall–Kier alpha value is 0.0400. The van der Waals surface area contributed by atoms with Crippen LogP contribution in [0, 0.1) is 0 Å². The number of rotatable bonds is 3. The highest BCUT2D eigenvalue weighted by atomic mass is 35.6. The van der Waals surface area contributed by atoms with Gasteiger partial charge in [-0.25, -0.2) is 4.79 Å². The molecule has 0 atom stereocenters. The monoisotopic (exact) mass is 232 g/mol. The number of carboxylic acid groups (broad SMARTS) is 1. The van der Waals surface area contributed by atoms with Crippen LogP contribution in [0.1, 0.15) is 0 Å². The van der Waals surface area contributed by atoms with Gasteiger partial charge in [0.2, 0.25) is 3.79 Å². The van der Waals surface area contributed by atoms with Gasteiger partial charge < -0.3 is 9.84 Å². The first-order valence-corrected chi connectivity index (χ1v) is 4.01. The zero-order valence-corrected chi connectivity index (χ0v) is 8.45. The number of carbonyl (C=O) groups is 1. The Labute approximate surface area is 84.9 Å². The first-order valence-electron chi connectivity index (χ1n) is 2.87. The highest BCUT2D eigenvalue weighted by molar-refractivity contribution is 6.69. The molecule has 0 amide bonds. The molecule has 0 aromatic rings. The number of aliphatic carboxylic acids is 1. The highest BCUT2D eigenvalue weighted by Crippen LogP contribution is 2.28. The van der Waals surface area contributed by atoms with Crippen molar-refractivity contribution in [3.63, 3.8) is 0 Å². The van der Waals surface area contributed by atoms with Crippen LogP contribution in [0.4, 0.5) is 0 Å². The second kappa shape index (κ2) is 4.92. The summed E-state index contributed by atoms with van der Waals surface area (Å²) in [6.07, 6.45) is 1.00. The number of ether oxygens (including phenoxy) is 1. The molecule has 0 radical (unpaired) electrons. The first-order chi connectivity index (χ1) is 5.37. The maximum Gasteiger partial charge on any atom is 0.333 e. The SMILES string of the molecule is COCC(=CC(Cl)(Cl)Cl)C(=O)O. The van der Waals surface area contributed by atoms with Crippen LogP contribution in [0.5, 0.6) is 0 Å². The van der Waals surface area contributed by atoms with Gasteiger partial charge in [0.15, 0.2) is 0 Å². The van der Waals surface area contributed by atoms with Crippen molar-refractivity contribution in [3.8, 4) is 0 Å². The minimum Gasteiger partial charge on any atom is -0.478 e. The van der Waals surface area contributed by atoms with Crippen molar-refractivity contribution in [2.45, 2.75) is 3.79 Å². The lowest BCUT2D eigenvalue weighted by Crippen LogP contribution is -2.10. The molecule has 0 bridgehead atoms. The van der Waals surface area contributed by atoms with Gasteiger partial charge in [-0.05, 0) is 6.08 Å². The largest absolute Gasteiger partial charge is 0.478 e. The van der Waals surface area contributed by atoms with Crippen LogP contribution >= 0.6 is 34.8 Å². The number of hydrogen-bond donors (Lipinski definition) is 1. The van der Waals surface area contributed by atoms with E-state index in [9.17, 15) is 4.79 Å². The van der Waals surface area contributed by atoms with Crippen LogP contribution in [-0.2, 0) is 9.53 Å². The summed E-state index contributed by atoms with van der Waals surface area (Å²) in [7, 11) is 1.36. The Kier molecular flexibility index (Phi) is 4.94. The summed E-state index contributed by atoms with van der Waals surface area (Å²) in [6, 6.07) is 0. The number of halogens is 3. The number of hydrogen-bond acceptors (Lipinski definition) is 2. The van der Waals surface area contributed by atoms with Gasteiger partial charge in [0, 0.05) is 7.11 Å². The van der Waals surface area contributed by atoms with Gasteiger partial charge in [0.1, 0.15) is 0 Å². The molecule has 0 spiro atoms. The van der Waals surface area contributed by atoms with Crippen LogP contribution in [0.2, 0.25) is 0 Å².